The van der Waals surface area contributed by atoms with E-state index in [-0.39, 0.29) is 5.91 Å². The van der Waals surface area contributed by atoms with Crippen LogP contribution in [0, 0.1) is 6.92 Å². The van der Waals surface area contributed by atoms with Crippen molar-refractivity contribution in [3.05, 3.63) is 28.4 Å². The lowest BCUT2D eigenvalue weighted by Crippen LogP contribution is -2.10. The second-order valence-corrected chi connectivity index (χ2v) is 6.41. The van der Waals surface area contributed by atoms with E-state index in [1.807, 2.05) is 24.7 Å². The van der Waals surface area contributed by atoms with E-state index < -0.39 is 0 Å². The Hall–Kier alpha value is -2.15. The van der Waals surface area contributed by atoms with E-state index >= 15 is 0 Å². The molecule has 0 radical (unpaired) electrons. The van der Waals surface area contributed by atoms with E-state index in [1.165, 1.54) is 11.3 Å². The molecule has 3 rings (SSSR count). The molecule has 0 fully saturated rings. The summed E-state index contributed by atoms with van der Waals surface area (Å²) in [4.78, 5) is 14.0. The van der Waals surface area contributed by atoms with E-state index in [0.717, 1.165) is 21.6 Å². The molecule has 21 heavy (non-hydrogen) atoms. The van der Waals surface area contributed by atoms with Gasteiger partial charge in [0.1, 0.15) is 4.83 Å². The number of thiophene rings is 1. The summed E-state index contributed by atoms with van der Waals surface area (Å²) in [6.07, 6.45) is 0. The number of carbonyl (C=O) groups is 1. The van der Waals surface area contributed by atoms with Gasteiger partial charge in [0.05, 0.1) is 10.6 Å². The fraction of sp³-hybridized carbons (Fsp3) is 0.357. The third-order valence-corrected chi connectivity index (χ3v) is 4.46. The molecule has 0 saturated heterocycles. The fourth-order valence-electron chi connectivity index (χ4n) is 2.26. The number of nitrogens with zero attached hydrogens (tertiary/aromatic N) is 3. The first-order chi connectivity index (χ1) is 9.95. The molecule has 0 aromatic carbocycles. The zero-order valence-electron chi connectivity index (χ0n) is 12.4. The third-order valence-electron chi connectivity index (χ3n) is 3.26. The molecule has 7 heteroatoms. The molecule has 0 aliphatic carbocycles. The van der Waals surface area contributed by atoms with Crippen molar-refractivity contribution in [1.29, 1.82) is 0 Å². The van der Waals surface area contributed by atoms with Crippen LogP contribution in [0.1, 0.15) is 40.8 Å². The molecule has 1 amide bonds. The van der Waals surface area contributed by atoms with E-state index in [9.17, 15) is 4.79 Å². The monoisotopic (exact) mass is 303 g/mol. The maximum absolute atomic E-state index is 12.3. The second-order valence-electron chi connectivity index (χ2n) is 5.38. The van der Waals surface area contributed by atoms with Crippen LogP contribution in [0.15, 0.2) is 12.1 Å². The van der Waals surface area contributed by atoms with Crippen LogP contribution in [-0.2, 0) is 7.05 Å². The molecule has 0 aliphatic rings. The quantitative estimate of drug-likeness (QED) is 0.781. The van der Waals surface area contributed by atoms with E-state index in [2.05, 4.69) is 34.5 Å². The van der Waals surface area contributed by atoms with Gasteiger partial charge in [-0.25, -0.2) is 0 Å². The Morgan fingerprint density at radius 2 is 2.19 bits per heavy atom. The maximum Gasteiger partial charge on any atom is 0.267 e. The summed E-state index contributed by atoms with van der Waals surface area (Å²) in [5.41, 5.74) is 1.94. The molecule has 0 saturated carbocycles. The highest BCUT2D eigenvalue weighted by molar-refractivity contribution is 7.20. The van der Waals surface area contributed by atoms with Gasteiger partial charge in [0.2, 0.25) is 0 Å². The highest BCUT2D eigenvalue weighted by Crippen LogP contribution is 2.31. The number of aromatic amines is 1. The first-order valence-corrected chi connectivity index (χ1v) is 7.57. The number of rotatable bonds is 3. The Morgan fingerprint density at radius 1 is 1.43 bits per heavy atom. The minimum absolute atomic E-state index is 0.141. The summed E-state index contributed by atoms with van der Waals surface area (Å²) in [6, 6.07) is 3.71. The number of aryl methyl sites for hydroxylation is 2. The van der Waals surface area contributed by atoms with Gasteiger partial charge in [-0.3, -0.25) is 14.6 Å². The van der Waals surface area contributed by atoms with Crippen molar-refractivity contribution >= 4 is 33.3 Å². The maximum atomic E-state index is 12.3. The molecule has 0 unspecified atom stereocenters. The number of H-pyrrole nitrogens is 1. The van der Waals surface area contributed by atoms with Crippen molar-refractivity contribution in [2.45, 2.75) is 26.7 Å². The second kappa shape index (κ2) is 5.00. The summed E-state index contributed by atoms with van der Waals surface area (Å²) in [5.74, 6) is 0.725. The SMILES string of the molecule is Cc1cc(NC(=O)c2cc3c(C(C)C)nn(C)c3s2)n[nH]1. The van der Waals surface area contributed by atoms with Gasteiger partial charge in [-0.15, -0.1) is 11.3 Å². The fourth-order valence-corrected chi connectivity index (χ4v) is 3.24. The molecular formula is C14H17N5OS. The molecular weight excluding hydrogens is 286 g/mol. The standard InChI is InChI=1S/C14H17N5OS/c1-7(2)12-9-6-10(21-14(9)19(4)18-12)13(20)15-11-5-8(3)16-17-11/h5-7H,1-4H3,(H2,15,16,17,20). The number of fused-ring (bicyclic) bond motifs is 1. The van der Waals surface area contributed by atoms with Crippen LogP contribution in [0.2, 0.25) is 0 Å². The summed E-state index contributed by atoms with van der Waals surface area (Å²) < 4.78 is 1.84. The molecule has 3 aromatic heterocycles. The van der Waals surface area contributed by atoms with Gasteiger partial charge in [-0.1, -0.05) is 13.8 Å². The van der Waals surface area contributed by atoms with Crippen LogP contribution in [0.25, 0.3) is 10.2 Å². The number of amides is 1. The molecule has 0 bridgehead atoms. The lowest BCUT2D eigenvalue weighted by molar-refractivity contribution is 0.103. The minimum atomic E-state index is -0.141. The number of hydrogen-bond acceptors (Lipinski definition) is 4. The predicted octanol–water partition coefficient (Wildman–Crippen LogP) is 3.04. The molecule has 2 N–H and O–H groups in total. The largest absolute Gasteiger partial charge is 0.304 e. The number of aromatic nitrogens is 4. The van der Waals surface area contributed by atoms with Crippen molar-refractivity contribution in [3.63, 3.8) is 0 Å². The van der Waals surface area contributed by atoms with Crippen molar-refractivity contribution in [1.82, 2.24) is 20.0 Å². The Kier molecular flexibility index (Phi) is 3.29. The van der Waals surface area contributed by atoms with Gasteiger partial charge in [0, 0.05) is 24.2 Å². The summed E-state index contributed by atoms with van der Waals surface area (Å²) in [5, 5.41) is 15.2. The van der Waals surface area contributed by atoms with Crippen molar-refractivity contribution in [3.8, 4) is 0 Å². The predicted molar refractivity (Wildman–Crippen MR) is 84.0 cm³/mol. The number of anilines is 1. The van der Waals surface area contributed by atoms with E-state index in [1.54, 1.807) is 6.07 Å². The molecule has 6 nitrogen and oxygen atoms in total. The van der Waals surface area contributed by atoms with Crippen molar-refractivity contribution in [2.75, 3.05) is 5.32 Å². The van der Waals surface area contributed by atoms with Crippen molar-refractivity contribution in [2.24, 2.45) is 7.05 Å². The average Bonchev–Trinajstić information content (AvgIpc) is 3.07. The molecule has 3 heterocycles. The van der Waals surface area contributed by atoms with Gasteiger partial charge in [0.15, 0.2) is 5.82 Å². The van der Waals surface area contributed by atoms with Crippen LogP contribution in [-0.4, -0.2) is 25.9 Å². The zero-order chi connectivity index (χ0) is 15.1. The highest BCUT2D eigenvalue weighted by Gasteiger charge is 2.18. The Bertz CT molecular complexity index is 811. The lowest BCUT2D eigenvalue weighted by atomic mass is 10.1. The number of carbonyl (C=O) groups excluding carboxylic acids is 1. The zero-order valence-corrected chi connectivity index (χ0v) is 13.2. The minimum Gasteiger partial charge on any atom is -0.304 e. The topological polar surface area (TPSA) is 75.6 Å². The van der Waals surface area contributed by atoms with Gasteiger partial charge in [-0.05, 0) is 18.9 Å². The number of hydrogen-bond donors (Lipinski definition) is 2. The average molecular weight is 303 g/mol. The van der Waals surface area contributed by atoms with Gasteiger partial charge >= 0.3 is 0 Å². The molecule has 0 aliphatic heterocycles. The smallest absolute Gasteiger partial charge is 0.267 e. The molecule has 3 aromatic rings. The van der Waals surface area contributed by atoms with E-state index in [0.29, 0.717) is 16.6 Å². The molecule has 0 atom stereocenters. The Labute approximate surface area is 126 Å². The van der Waals surface area contributed by atoms with Gasteiger partial charge in [0.25, 0.3) is 5.91 Å². The third kappa shape index (κ3) is 2.44. The van der Waals surface area contributed by atoms with Crippen LogP contribution >= 0.6 is 11.3 Å². The van der Waals surface area contributed by atoms with Crippen LogP contribution in [0.3, 0.4) is 0 Å². The van der Waals surface area contributed by atoms with Crippen molar-refractivity contribution < 1.29 is 4.79 Å². The first-order valence-electron chi connectivity index (χ1n) is 6.75. The first kappa shape index (κ1) is 13.8. The highest BCUT2D eigenvalue weighted by atomic mass is 32.1. The van der Waals surface area contributed by atoms with Crippen LogP contribution in [0.5, 0.6) is 0 Å². The van der Waals surface area contributed by atoms with E-state index in [4.69, 9.17) is 0 Å². The summed E-state index contributed by atoms with van der Waals surface area (Å²) >= 11 is 1.45. The lowest BCUT2D eigenvalue weighted by Gasteiger charge is -2.00. The summed E-state index contributed by atoms with van der Waals surface area (Å²) in [7, 11) is 1.91. The van der Waals surface area contributed by atoms with Gasteiger partial charge in [-0.2, -0.15) is 10.2 Å². The van der Waals surface area contributed by atoms with Crippen LogP contribution in [0.4, 0.5) is 5.82 Å². The Morgan fingerprint density at radius 3 is 2.81 bits per heavy atom. The van der Waals surface area contributed by atoms with Crippen LogP contribution < -0.4 is 5.32 Å². The summed E-state index contributed by atoms with van der Waals surface area (Å²) in [6.45, 7) is 6.10. The molecule has 110 valence electrons. The normalized spacial score (nSPS) is 11.5. The van der Waals surface area contributed by atoms with Gasteiger partial charge < -0.3 is 5.32 Å². The molecule has 0 spiro atoms. The number of nitrogens with one attached hydrogen (secondary N) is 2. The Balaban J connectivity index is 1.93.